The molecule has 0 aliphatic carbocycles. The van der Waals surface area contributed by atoms with Gasteiger partial charge < -0.3 is 55.0 Å². The topological polar surface area (TPSA) is 330 Å². The van der Waals surface area contributed by atoms with Gasteiger partial charge in [0.1, 0.15) is 29.7 Å². The summed E-state index contributed by atoms with van der Waals surface area (Å²) >= 11 is 2.10. The number of esters is 2. The second-order valence-corrected chi connectivity index (χ2v) is 19.3. The summed E-state index contributed by atoms with van der Waals surface area (Å²) in [6, 6.07) is 9.21. The SMILES string of the molecule is CC(=O)CCC(=O)C(C)SC(=O)OCc1oc(=O)oc1C.Cc1oc(=O)oc1COC(=O)SC(C)C(=O)CCC(=O)OC(C)C.Cc1oc(=O)oc1COC(=O)SC(C)C(=O)CCC(=O)OCc1ccccc1. The number of carbonyl (C=O) groups is 9. The number of hydrogen-bond acceptors (Lipinski definition) is 26. The summed E-state index contributed by atoms with van der Waals surface area (Å²) in [6.45, 7) is 13.4. The first-order chi connectivity index (χ1) is 34.3. The fraction of sp³-hybridized carbons (Fsp3) is 0.489. The number of aryl methyl sites for hydroxylation is 3. The maximum Gasteiger partial charge on any atom is 0.519 e. The lowest BCUT2D eigenvalue weighted by atomic mass is 10.1. The van der Waals surface area contributed by atoms with Crippen LogP contribution < -0.4 is 17.5 Å². The molecular weight excluding hydrogens is 1030 g/mol. The van der Waals surface area contributed by atoms with Crippen molar-refractivity contribution in [1.29, 1.82) is 0 Å². The van der Waals surface area contributed by atoms with Gasteiger partial charge in [-0.05, 0) is 103 Å². The Morgan fingerprint density at radius 2 is 0.795 bits per heavy atom. The van der Waals surface area contributed by atoms with Gasteiger partial charge in [0, 0.05) is 25.7 Å². The van der Waals surface area contributed by atoms with Crippen LogP contribution in [0.3, 0.4) is 0 Å². The molecular formula is C47H56O23S3. The van der Waals surface area contributed by atoms with Crippen LogP contribution in [0.1, 0.15) is 120 Å². The van der Waals surface area contributed by atoms with E-state index in [1.165, 1.54) is 27.7 Å². The minimum absolute atomic E-state index is 0.0112. The van der Waals surface area contributed by atoms with Crippen LogP contribution in [0, 0.1) is 20.8 Å². The van der Waals surface area contributed by atoms with Crippen molar-refractivity contribution in [3.05, 3.63) is 102 Å². The van der Waals surface area contributed by atoms with Crippen molar-refractivity contribution in [2.75, 3.05) is 0 Å². The normalized spacial score (nSPS) is 11.9. The fourth-order valence-corrected chi connectivity index (χ4v) is 7.11. The number of ether oxygens (including phenoxy) is 5. The van der Waals surface area contributed by atoms with Crippen LogP contribution in [0.25, 0.3) is 0 Å². The number of carbonyl (C=O) groups excluding carboxylic acids is 9. The molecule has 4 rings (SSSR count). The van der Waals surface area contributed by atoms with Crippen LogP contribution in [0.2, 0.25) is 0 Å². The number of ketones is 4. The van der Waals surface area contributed by atoms with E-state index >= 15 is 0 Å². The molecule has 3 atom stereocenters. The summed E-state index contributed by atoms with van der Waals surface area (Å²) < 4.78 is 52.7. The van der Waals surface area contributed by atoms with E-state index in [0.717, 1.165) is 17.3 Å². The molecule has 0 spiro atoms. The number of thioether (sulfide) groups is 3. The lowest BCUT2D eigenvalue weighted by molar-refractivity contribution is -0.148. The lowest BCUT2D eigenvalue weighted by Crippen LogP contribution is -2.19. The van der Waals surface area contributed by atoms with Gasteiger partial charge in [-0.2, -0.15) is 0 Å². The van der Waals surface area contributed by atoms with E-state index in [2.05, 4.69) is 22.1 Å². The third kappa shape index (κ3) is 26.0. The largest absolute Gasteiger partial charge is 0.519 e. The fourth-order valence-electron chi connectivity index (χ4n) is 5.12. The van der Waals surface area contributed by atoms with E-state index in [-0.39, 0.29) is 129 Å². The van der Waals surface area contributed by atoms with E-state index in [9.17, 15) is 57.5 Å². The van der Waals surface area contributed by atoms with Crippen molar-refractivity contribution in [2.24, 2.45) is 0 Å². The monoisotopic (exact) mass is 1080 g/mol. The van der Waals surface area contributed by atoms with E-state index < -0.39 is 61.1 Å². The van der Waals surface area contributed by atoms with Gasteiger partial charge in [0.2, 0.25) is 0 Å². The summed E-state index contributed by atoms with van der Waals surface area (Å²) in [4.78, 5) is 137. The van der Waals surface area contributed by atoms with Gasteiger partial charge in [-0.25, -0.2) is 28.8 Å². The second kappa shape index (κ2) is 32.4. The van der Waals surface area contributed by atoms with Gasteiger partial charge in [0.15, 0.2) is 54.4 Å². The number of benzene rings is 1. The zero-order valence-corrected chi connectivity index (χ0v) is 43.8. The Kier molecular flexibility index (Phi) is 27.7. The van der Waals surface area contributed by atoms with Crippen LogP contribution >= 0.6 is 35.3 Å². The third-order valence-electron chi connectivity index (χ3n) is 9.13. The molecule has 23 nitrogen and oxygen atoms in total. The molecule has 0 saturated heterocycles. The molecule has 0 bridgehead atoms. The standard InChI is InChI=1S/C19H20O8S.C15H20O8S.C13H16O7S/c1-12-16(27-18(22)26-12)11-25-19(23)28-13(2)15(20)8-9-17(21)24-10-14-6-4-3-5-7-14;1-8(2)21-13(17)6-5-11(16)10(4)24-15(19)20-7-12-9(3)22-14(18)23-12;1-7(14)4-5-10(15)9(3)21-13(17)18-6-11-8(2)19-12(16)20-11/h3-7,13H,8-11H2,1-2H3;8,10H,5-7H2,1-4H3;9H,4-6H2,1-3H3. The molecule has 3 heterocycles. The Labute approximate surface area is 429 Å². The summed E-state index contributed by atoms with van der Waals surface area (Å²) in [5.74, 6) is -3.31. The van der Waals surface area contributed by atoms with Crippen LogP contribution in [0.4, 0.5) is 14.4 Å². The van der Waals surface area contributed by atoms with Crippen LogP contribution in [-0.4, -0.2) is 72.8 Å². The minimum atomic E-state index is -0.876. The van der Waals surface area contributed by atoms with Crippen molar-refractivity contribution in [3.63, 3.8) is 0 Å². The molecule has 0 fully saturated rings. The first-order valence-electron chi connectivity index (χ1n) is 22.1. The highest BCUT2D eigenvalue weighted by Gasteiger charge is 2.24. The third-order valence-corrected chi connectivity index (χ3v) is 11.9. The Morgan fingerprint density at radius 3 is 1.11 bits per heavy atom. The highest BCUT2D eigenvalue weighted by molar-refractivity contribution is 8.14. The number of rotatable bonds is 24. The number of hydrogen-bond donors (Lipinski definition) is 0. The maximum atomic E-state index is 12.1. The van der Waals surface area contributed by atoms with Crippen molar-refractivity contribution in [2.45, 2.75) is 149 Å². The van der Waals surface area contributed by atoms with E-state index in [1.807, 2.05) is 30.3 Å². The molecule has 3 unspecified atom stereocenters. The second-order valence-electron chi connectivity index (χ2n) is 15.5. The smallest absolute Gasteiger partial charge is 0.463 e. The highest BCUT2D eigenvalue weighted by Crippen LogP contribution is 2.21. The molecule has 4 aromatic rings. The molecule has 3 aromatic heterocycles. The molecule has 0 N–H and O–H groups in total. The predicted molar refractivity (Wildman–Crippen MR) is 259 cm³/mol. The Bertz CT molecular complexity index is 2660. The summed E-state index contributed by atoms with van der Waals surface area (Å²) in [5.41, 5.74) is 0.859. The van der Waals surface area contributed by atoms with Gasteiger partial charge in [-0.3, -0.25) is 24.0 Å². The van der Waals surface area contributed by atoms with Crippen LogP contribution in [0.15, 0.2) is 71.2 Å². The number of Topliss-reactive ketones (excluding diaryl/α,β-unsaturated/α-hetero) is 4. The first-order valence-corrected chi connectivity index (χ1v) is 24.7. The zero-order valence-electron chi connectivity index (χ0n) is 41.4. The molecule has 400 valence electrons. The van der Waals surface area contributed by atoms with Crippen LogP contribution in [-0.2, 0) is 78.9 Å². The quantitative estimate of drug-likeness (QED) is 0.0471. The molecule has 1 aromatic carbocycles. The zero-order chi connectivity index (χ0) is 54.8. The van der Waals surface area contributed by atoms with Gasteiger partial charge in [-0.15, -0.1) is 0 Å². The minimum Gasteiger partial charge on any atom is -0.463 e. The van der Waals surface area contributed by atoms with Gasteiger partial charge in [0.05, 0.1) is 34.7 Å². The molecule has 0 aliphatic rings. The molecule has 0 radical (unpaired) electrons. The van der Waals surface area contributed by atoms with Crippen molar-refractivity contribution < 1.29 is 93.3 Å². The van der Waals surface area contributed by atoms with Gasteiger partial charge in [-0.1, -0.05) is 30.3 Å². The van der Waals surface area contributed by atoms with E-state index in [0.29, 0.717) is 23.5 Å². The van der Waals surface area contributed by atoms with E-state index in [4.69, 9.17) is 28.1 Å². The van der Waals surface area contributed by atoms with Crippen molar-refractivity contribution in [1.82, 2.24) is 0 Å². The van der Waals surface area contributed by atoms with Gasteiger partial charge in [0.25, 0.3) is 0 Å². The molecule has 0 saturated carbocycles. The Morgan fingerprint density at radius 1 is 0.452 bits per heavy atom. The maximum absolute atomic E-state index is 12.1. The van der Waals surface area contributed by atoms with Gasteiger partial charge >= 0.3 is 45.3 Å². The Hall–Kier alpha value is -6.67. The van der Waals surface area contributed by atoms with Crippen molar-refractivity contribution >= 4 is 86.3 Å². The highest BCUT2D eigenvalue weighted by atomic mass is 32.2. The first kappa shape index (κ1) is 62.4. The molecule has 0 aliphatic heterocycles. The summed E-state index contributed by atoms with van der Waals surface area (Å²) in [5, 5.41) is -4.01. The molecule has 26 heteroatoms. The summed E-state index contributed by atoms with van der Waals surface area (Å²) in [7, 11) is 0. The average molecular weight is 1090 g/mol. The lowest BCUT2D eigenvalue weighted by Gasteiger charge is -2.10. The summed E-state index contributed by atoms with van der Waals surface area (Å²) in [6.07, 6.45) is -0.111. The predicted octanol–water partition coefficient (Wildman–Crippen LogP) is 8.23. The van der Waals surface area contributed by atoms with Crippen LogP contribution in [0.5, 0.6) is 0 Å². The molecule has 0 amide bonds. The molecule has 73 heavy (non-hydrogen) atoms. The average Bonchev–Trinajstić information content (AvgIpc) is 3.96. The van der Waals surface area contributed by atoms with Crippen molar-refractivity contribution in [3.8, 4) is 0 Å². The van der Waals surface area contributed by atoms with E-state index in [1.54, 1.807) is 34.6 Å². The Balaban J connectivity index is 0.000000379.